The van der Waals surface area contributed by atoms with Crippen LogP contribution < -0.4 is 0 Å². The van der Waals surface area contributed by atoms with Gasteiger partial charge in [-0.25, -0.2) is 0 Å². The molecule has 0 aromatic rings. The first kappa shape index (κ1) is 56.8. The van der Waals surface area contributed by atoms with Gasteiger partial charge in [-0.05, 0) is 205 Å². The number of Topliss-reactive ketones (excluding diaryl/α,β-unsaturated/α-hetero) is 2. The zero-order chi connectivity index (χ0) is 47.2. The fourth-order valence-electron chi connectivity index (χ4n) is 7.59. The van der Waals surface area contributed by atoms with Crippen molar-refractivity contribution >= 4 is 11.6 Å². The summed E-state index contributed by atoms with van der Waals surface area (Å²) in [6.07, 6.45) is 44.3. The van der Waals surface area contributed by atoms with Gasteiger partial charge in [-0.3, -0.25) is 9.59 Å². The third-order valence-corrected chi connectivity index (χ3v) is 12.1. The average Bonchev–Trinajstić information content (AvgIpc) is 3.21. The van der Waals surface area contributed by atoms with Gasteiger partial charge in [0.15, 0.2) is 0 Å². The van der Waals surface area contributed by atoms with E-state index in [4.69, 9.17) is 9.47 Å². The van der Waals surface area contributed by atoms with Gasteiger partial charge >= 0.3 is 0 Å². The van der Waals surface area contributed by atoms with Crippen molar-refractivity contribution in [2.45, 2.75) is 205 Å². The molecular formula is C59H90O4. The third-order valence-electron chi connectivity index (χ3n) is 12.1. The van der Waals surface area contributed by atoms with E-state index in [-0.39, 0.29) is 23.1 Å². The van der Waals surface area contributed by atoms with Crippen LogP contribution in [-0.4, -0.2) is 25.8 Å². The Hall–Kier alpha value is -4.18. The highest BCUT2D eigenvalue weighted by Crippen LogP contribution is 2.28. The van der Waals surface area contributed by atoms with E-state index in [0.29, 0.717) is 17.6 Å². The minimum absolute atomic E-state index is 0.00667. The number of methoxy groups -OCH3 is 2. The monoisotopic (exact) mass is 864 g/mol. The van der Waals surface area contributed by atoms with Crippen LogP contribution in [0, 0.1) is 0 Å². The van der Waals surface area contributed by atoms with E-state index < -0.39 is 0 Å². The number of hydrogen-bond donors (Lipinski definition) is 0. The van der Waals surface area contributed by atoms with E-state index in [2.05, 4.69) is 137 Å². The first-order valence-corrected chi connectivity index (χ1v) is 24.1. The second-order valence-electron chi connectivity index (χ2n) is 18.6. The number of carbonyl (C=O) groups excluding carboxylic acids is 2. The van der Waals surface area contributed by atoms with Crippen molar-refractivity contribution in [3.63, 3.8) is 0 Å². The Balaban J connectivity index is 2.31. The molecule has 0 atom stereocenters. The Kier molecular flexibility index (Phi) is 30.1. The Morgan fingerprint density at radius 2 is 0.571 bits per heavy atom. The number of allylic oxidation sites excluding steroid dienone is 22. The molecule has 0 N–H and O–H groups in total. The molecule has 0 amide bonds. The first-order valence-electron chi connectivity index (χ1n) is 24.1. The minimum atomic E-state index is -0.284. The van der Waals surface area contributed by atoms with Gasteiger partial charge in [-0.2, -0.15) is 0 Å². The molecule has 0 aromatic carbocycles. The standard InChI is InChI=1S/C59H90O4/c1-44(2)24-15-25-45(3)26-16-27-46(4)28-17-29-47(5)30-18-31-48(6)32-19-33-49(7)34-20-35-50(8)36-21-37-51(9)38-22-39-52(10)40-23-41-53(11)42-43-55-54(12)56(60)58(62-13)59(63-14)57(55)61/h24,26,28,30,32,34,36,38,40,42H,15-23,25,27,29,31,33,35,37,39,41,43H2,1-14H3/b45-26+,46-28+,47-30+,48-32+,49-34+,50-36+,51-38+,52-40+,53-42+/i59+1. The van der Waals surface area contributed by atoms with E-state index in [1.807, 2.05) is 0 Å². The highest BCUT2D eigenvalue weighted by molar-refractivity contribution is 6.23. The Morgan fingerprint density at radius 1 is 0.349 bits per heavy atom. The lowest BCUT2D eigenvalue weighted by Crippen LogP contribution is -2.24. The molecule has 0 saturated carbocycles. The predicted octanol–water partition coefficient (Wildman–Crippen LogP) is 17.9. The number of carbonyl (C=O) groups is 2. The Labute approximate surface area is 387 Å². The first-order chi connectivity index (χ1) is 30.0. The van der Waals surface area contributed by atoms with Crippen molar-refractivity contribution in [3.8, 4) is 0 Å². The van der Waals surface area contributed by atoms with Gasteiger partial charge in [0.2, 0.25) is 23.1 Å². The zero-order valence-corrected chi connectivity index (χ0v) is 42.8. The molecule has 0 aliphatic heterocycles. The van der Waals surface area contributed by atoms with Gasteiger partial charge in [-0.15, -0.1) is 0 Å². The molecule has 0 bridgehead atoms. The topological polar surface area (TPSA) is 52.6 Å². The molecule has 0 heterocycles. The lowest BCUT2D eigenvalue weighted by Gasteiger charge is -2.19. The van der Waals surface area contributed by atoms with Gasteiger partial charge in [-0.1, -0.05) is 116 Å². The smallest absolute Gasteiger partial charge is 0.228 e. The van der Waals surface area contributed by atoms with Crippen molar-refractivity contribution in [2.24, 2.45) is 0 Å². The summed E-state index contributed by atoms with van der Waals surface area (Å²) in [7, 11) is 2.78. The minimum Gasteiger partial charge on any atom is -0.489 e. The largest absolute Gasteiger partial charge is 0.489 e. The van der Waals surface area contributed by atoms with E-state index in [1.165, 1.54) is 89.2 Å². The van der Waals surface area contributed by atoms with Crippen molar-refractivity contribution in [2.75, 3.05) is 14.2 Å². The Bertz CT molecular complexity index is 1840. The van der Waals surface area contributed by atoms with Gasteiger partial charge in [0.05, 0.1) is 14.2 Å². The number of rotatable bonds is 31. The van der Waals surface area contributed by atoms with Crippen LogP contribution >= 0.6 is 0 Å². The highest BCUT2D eigenvalue weighted by Gasteiger charge is 2.34. The summed E-state index contributed by atoms with van der Waals surface area (Å²) < 4.78 is 10.3. The fourth-order valence-corrected chi connectivity index (χ4v) is 7.59. The molecule has 0 saturated heterocycles. The number of hydrogen-bond acceptors (Lipinski definition) is 4. The molecule has 4 heteroatoms. The molecule has 0 aromatic heterocycles. The van der Waals surface area contributed by atoms with Crippen LogP contribution in [0.4, 0.5) is 0 Å². The van der Waals surface area contributed by atoms with E-state index in [1.54, 1.807) is 6.92 Å². The van der Waals surface area contributed by atoms with Crippen LogP contribution in [0.2, 0.25) is 0 Å². The zero-order valence-electron chi connectivity index (χ0n) is 42.8. The number of ether oxygens (including phenoxy) is 2. The molecule has 1 aliphatic carbocycles. The van der Waals surface area contributed by atoms with Crippen LogP contribution in [0.1, 0.15) is 205 Å². The quantitative estimate of drug-likeness (QED) is 0.0396. The molecule has 0 unspecified atom stereocenters. The third kappa shape index (κ3) is 26.3. The summed E-state index contributed by atoms with van der Waals surface area (Å²) in [5.41, 5.74) is 15.5. The highest BCUT2D eigenvalue weighted by atomic mass is 16.6. The molecule has 63 heavy (non-hydrogen) atoms. The molecule has 0 radical (unpaired) electrons. The van der Waals surface area contributed by atoms with Crippen LogP contribution in [0.25, 0.3) is 0 Å². The van der Waals surface area contributed by atoms with E-state index in [0.717, 1.165) is 96.3 Å². The maximum atomic E-state index is 12.9. The van der Waals surface area contributed by atoms with Gasteiger partial charge < -0.3 is 9.47 Å². The molecule has 1 rings (SSSR count). The SMILES string of the molecule is COC1=[13C](OC)C(=O)C(C/C=C(\C)CC/C=C(\C)CC/C=C(\C)CC/C=C(\C)CC/C=C(\C)CC/C=C(\C)CC/C=C(\C)CC/C=C(\C)CC/C=C(\C)CCC=C(C)C)=C(C)C1=O. The molecule has 4 nitrogen and oxygen atoms in total. The number of ketones is 2. The van der Waals surface area contributed by atoms with Crippen LogP contribution in [-0.2, 0) is 19.1 Å². The van der Waals surface area contributed by atoms with Crippen LogP contribution in [0.15, 0.2) is 139 Å². The lowest BCUT2D eigenvalue weighted by molar-refractivity contribution is -0.121. The van der Waals surface area contributed by atoms with E-state index in [9.17, 15) is 9.59 Å². The molecule has 350 valence electrons. The van der Waals surface area contributed by atoms with Crippen molar-refractivity contribution in [1.29, 1.82) is 0 Å². The van der Waals surface area contributed by atoms with Crippen LogP contribution in [0.3, 0.4) is 0 Å². The maximum Gasteiger partial charge on any atom is 0.228 e. The second kappa shape index (κ2) is 33.3. The molecule has 0 spiro atoms. The predicted molar refractivity (Wildman–Crippen MR) is 275 cm³/mol. The Morgan fingerprint density at radius 3 is 0.810 bits per heavy atom. The van der Waals surface area contributed by atoms with Gasteiger partial charge in [0.25, 0.3) is 0 Å². The molecule has 1 aliphatic rings. The molecular weight excluding hydrogens is 774 g/mol. The summed E-state index contributed by atoms with van der Waals surface area (Å²) in [4.78, 5) is 25.5. The van der Waals surface area contributed by atoms with E-state index >= 15 is 0 Å². The fraction of sp³-hybridized carbons (Fsp3) is 0.559. The van der Waals surface area contributed by atoms with Crippen molar-refractivity contribution in [3.05, 3.63) is 139 Å². The summed E-state index contributed by atoms with van der Waals surface area (Å²) in [6.45, 7) is 26.3. The summed E-state index contributed by atoms with van der Waals surface area (Å²) in [5.74, 6) is -0.572. The normalized spacial score (nSPS) is 15.9. The van der Waals surface area contributed by atoms with Crippen LogP contribution in [0.5, 0.6) is 0 Å². The van der Waals surface area contributed by atoms with Gasteiger partial charge in [0.1, 0.15) is 0 Å². The summed E-state index contributed by atoms with van der Waals surface area (Å²) >= 11 is 0. The van der Waals surface area contributed by atoms with Gasteiger partial charge in [0, 0.05) is 11.1 Å². The average molecular weight is 864 g/mol. The summed E-state index contributed by atoms with van der Waals surface area (Å²) in [6, 6.07) is 0. The second-order valence-corrected chi connectivity index (χ2v) is 18.6. The lowest BCUT2D eigenvalue weighted by atomic mass is 9.95. The van der Waals surface area contributed by atoms with Crippen molar-refractivity contribution in [1.82, 2.24) is 0 Å². The maximum absolute atomic E-state index is 12.9. The molecule has 0 fully saturated rings. The van der Waals surface area contributed by atoms with Crippen molar-refractivity contribution < 1.29 is 19.1 Å². The summed E-state index contributed by atoms with van der Waals surface area (Å²) in [5, 5.41) is 0.